The monoisotopic (exact) mass is 362 g/mol. The van der Waals surface area contributed by atoms with E-state index in [1.54, 1.807) is 17.5 Å². The van der Waals surface area contributed by atoms with Crippen molar-refractivity contribution in [2.24, 2.45) is 5.73 Å². The number of primary amides is 1. The molecule has 2 amide bonds. The van der Waals surface area contributed by atoms with Gasteiger partial charge in [0.15, 0.2) is 13.2 Å². The Labute approximate surface area is 148 Å². The molecule has 1 aromatic heterocycles. The van der Waals surface area contributed by atoms with Crippen molar-refractivity contribution in [2.45, 2.75) is 13.3 Å². The molecule has 2 rings (SSSR count). The number of nitrogens with one attached hydrogen (secondary N) is 1. The van der Waals surface area contributed by atoms with Crippen molar-refractivity contribution < 1.29 is 23.9 Å². The number of nitrogens with two attached hydrogens (primary N) is 1. The molecule has 3 N–H and O–H groups in total. The van der Waals surface area contributed by atoms with Crippen molar-refractivity contribution in [3.63, 3.8) is 0 Å². The highest BCUT2D eigenvalue weighted by Crippen LogP contribution is 2.22. The maximum atomic E-state index is 11.8. The maximum absolute atomic E-state index is 11.8. The second-order valence-corrected chi connectivity index (χ2v) is 5.94. The lowest BCUT2D eigenvalue weighted by Gasteiger charge is -2.08. The zero-order chi connectivity index (χ0) is 18.2. The first-order chi connectivity index (χ1) is 12.0. The van der Waals surface area contributed by atoms with Gasteiger partial charge in [-0.25, -0.2) is 4.79 Å². The Morgan fingerprint density at radius 3 is 2.48 bits per heavy atom. The second kappa shape index (κ2) is 8.84. The van der Waals surface area contributed by atoms with Gasteiger partial charge in [-0.3, -0.25) is 9.59 Å². The smallest absolute Gasteiger partial charge is 0.344 e. The zero-order valence-corrected chi connectivity index (χ0v) is 14.4. The summed E-state index contributed by atoms with van der Waals surface area (Å²) in [5, 5.41) is 4.42. The molecule has 2 aromatic rings. The third kappa shape index (κ3) is 5.61. The van der Waals surface area contributed by atoms with Crippen LogP contribution in [0.1, 0.15) is 22.8 Å². The summed E-state index contributed by atoms with van der Waals surface area (Å²) in [6, 6.07) is 8.85. The molecule has 0 aliphatic carbocycles. The summed E-state index contributed by atoms with van der Waals surface area (Å²) < 4.78 is 10.1. The number of anilines is 1. The van der Waals surface area contributed by atoms with Gasteiger partial charge < -0.3 is 20.5 Å². The van der Waals surface area contributed by atoms with Gasteiger partial charge in [0.05, 0.1) is 5.56 Å². The number of carbonyl (C=O) groups excluding carboxylic acids is 3. The van der Waals surface area contributed by atoms with Gasteiger partial charge in [0.2, 0.25) is 0 Å². The minimum atomic E-state index is -0.670. The van der Waals surface area contributed by atoms with E-state index in [-0.39, 0.29) is 12.2 Å². The summed E-state index contributed by atoms with van der Waals surface area (Å²) in [5.41, 5.74) is 6.56. The second-order valence-electron chi connectivity index (χ2n) is 5.02. The van der Waals surface area contributed by atoms with Crippen LogP contribution in [-0.2, 0) is 20.7 Å². The topological polar surface area (TPSA) is 108 Å². The third-order valence-corrected chi connectivity index (χ3v) is 4.07. The van der Waals surface area contributed by atoms with Gasteiger partial charge in [-0.2, -0.15) is 0 Å². The average molecular weight is 362 g/mol. The van der Waals surface area contributed by atoms with E-state index < -0.39 is 24.4 Å². The van der Waals surface area contributed by atoms with Gasteiger partial charge in [0.1, 0.15) is 10.8 Å². The van der Waals surface area contributed by atoms with E-state index >= 15 is 0 Å². The maximum Gasteiger partial charge on any atom is 0.344 e. The summed E-state index contributed by atoms with van der Waals surface area (Å²) in [4.78, 5) is 34.5. The van der Waals surface area contributed by atoms with Crippen LogP contribution in [0.25, 0.3) is 0 Å². The Bertz CT molecular complexity index is 755. The fraction of sp³-hybridized carbons (Fsp3) is 0.235. The quantitative estimate of drug-likeness (QED) is 0.698. The lowest BCUT2D eigenvalue weighted by atomic mass is 10.2. The van der Waals surface area contributed by atoms with Crippen molar-refractivity contribution in [3.8, 4) is 5.75 Å². The van der Waals surface area contributed by atoms with Gasteiger partial charge >= 0.3 is 5.97 Å². The number of aryl methyl sites for hydroxylation is 1. The van der Waals surface area contributed by atoms with Crippen LogP contribution < -0.4 is 15.8 Å². The number of hydrogen-bond acceptors (Lipinski definition) is 6. The molecule has 25 heavy (non-hydrogen) atoms. The third-order valence-electron chi connectivity index (χ3n) is 3.24. The van der Waals surface area contributed by atoms with E-state index in [0.29, 0.717) is 10.8 Å². The highest BCUT2D eigenvalue weighted by molar-refractivity contribution is 7.14. The summed E-state index contributed by atoms with van der Waals surface area (Å²) in [6.45, 7) is 1.26. The Balaban J connectivity index is 1.74. The van der Waals surface area contributed by atoms with E-state index in [0.717, 1.165) is 23.3 Å². The van der Waals surface area contributed by atoms with Crippen LogP contribution in [0, 0.1) is 0 Å². The number of benzene rings is 1. The fourth-order valence-electron chi connectivity index (χ4n) is 1.91. The molecule has 0 radical (unpaired) electrons. The van der Waals surface area contributed by atoms with Crippen LogP contribution in [0.5, 0.6) is 5.75 Å². The number of amides is 2. The van der Waals surface area contributed by atoms with Gasteiger partial charge in [0, 0.05) is 0 Å². The van der Waals surface area contributed by atoms with E-state index in [9.17, 15) is 14.4 Å². The molecular weight excluding hydrogens is 344 g/mol. The van der Waals surface area contributed by atoms with Crippen molar-refractivity contribution in [3.05, 3.63) is 46.8 Å². The number of carbonyl (C=O) groups is 3. The van der Waals surface area contributed by atoms with Crippen molar-refractivity contribution >= 4 is 34.1 Å². The van der Waals surface area contributed by atoms with Crippen molar-refractivity contribution in [2.75, 3.05) is 18.5 Å². The van der Waals surface area contributed by atoms with E-state index in [2.05, 4.69) is 5.32 Å². The van der Waals surface area contributed by atoms with Crippen LogP contribution >= 0.6 is 11.3 Å². The molecule has 0 aliphatic heterocycles. The van der Waals surface area contributed by atoms with Gasteiger partial charge in [-0.15, -0.1) is 11.3 Å². The Kier molecular flexibility index (Phi) is 6.53. The molecule has 1 heterocycles. The number of rotatable bonds is 8. The van der Waals surface area contributed by atoms with Crippen LogP contribution in [-0.4, -0.2) is 31.0 Å². The minimum absolute atomic E-state index is 0.212. The molecule has 7 nitrogen and oxygen atoms in total. The first-order valence-electron chi connectivity index (χ1n) is 7.54. The molecule has 0 bridgehead atoms. The predicted molar refractivity (Wildman–Crippen MR) is 93.7 cm³/mol. The largest absolute Gasteiger partial charge is 0.482 e. The molecule has 0 saturated heterocycles. The Hall–Kier alpha value is -2.87. The first kappa shape index (κ1) is 18.5. The van der Waals surface area contributed by atoms with Crippen LogP contribution in [0.3, 0.4) is 0 Å². The zero-order valence-electron chi connectivity index (χ0n) is 13.6. The summed E-state index contributed by atoms with van der Waals surface area (Å²) in [7, 11) is 0. The summed E-state index contributed by atoms with van der Waals surface area (Å²) >= 11 is 1.15. The van der Waals surface area contributed by atoms with Crippen LogP contribution in [0.4, 0.5) is 5.00 Å². The Morgan fingerprint density at radius 2 is 1.84 bits per heavy atom. The molecule has 0 saturated carbocycles. The SMILES string of the molecule is CCc1ccc(OCC(=O)OCC(=O)Nc2sccc2C(N)=O)cc1. The first-order valence-corrected chi connectivity index (χ1v) is 8.42. The predicted octanol–water partition coefficient (Wildman–Crippen LogP) is 1.97. The molecule has 1 aromatic carbocycles. The fourth-order valence-corrected chi connectivity index (χ4v) is 2.72. The van der Waals surface area contributed by atoms with Crippen molar-refractivity contribution in [1.82, 2.24) is 0 Å². The standard InChI is InChI=1S/C17H18N2O5S/c1-2-11-3-5-12(6-4-11)23-10-15(21)24-9-14(20)19-17-13(16(18)22)7-8-25-17/h3-8H,2,9-10H2,1H3,(H2,18,22)(H,19,20). The van der Waals surface area contributed by atoms with Crippen LogP contribution in [0.2, 0.25) is 0 Å². The minimum Gasteiger partial charge on any atom is -0.482 e. The molecule has 8 heteroatoms. The lowest BCUT2D eigenvalue weighted by Crippen LogP contribution is -2.24. The molecule has 0 fully saturated rings. The Morgan fingerprint density at radius 1 is 1.12 bits per heavy atom. The number of thiophene rings is 1. The van der Waals surface area contributed by atoms with Crippen molar-refractivity contribution in [1.29, 1.82) is 0 Å². The lowest BCUT2D eigenvalue weighted by molar-refractivity contribution is -0.149. The van der Waals surface area contributed by atoms with Gasteiger partial charge in [-0.1, -0.05) is 19.1 Å². The number of esters is 1. The summed E-state index contributed by atoms with van der Waals surface area (Å²) in [5.74, 6) is -1.33. The average Bonchev–Trinajstić information content (AvgIpc) is 3.07. The molecule has 0 unspecified atom stereocenters. The highest BCUT2D eigenvalue weighted by Gasteiger charge is 2.14. The number of hydrogen-bond donors (Lipinski definition) is 2. The molecule has 0 spiro atoms. The summed E-state index contributed by atoms with van der Waals surface area (Å²) in [6.07, 6.45) is 0.916. The normalized spacial score (nSPS) is 10.1. The van der Waals surface area contributed by atoms with Gasteiger partial charge in [-0.05, 0) is 35.6 Å². The molecular formula is C17H18N2O5S. The highest BCUT2D eigenvalue weighted by atomic mass is 32.1. The van der Waals surface area contributed by atoms with E-state index in [1.807, 2.05) is 19.1 Å². The molecule has 132 valence electrons. The van der Waals surface area contributed by atoms with E-state index in [4.69, 9.17) is 15.2 Å². The van der Waals surface area contributed by atoms with E-state index in [1.165, 1.54) is 6.07 Å². The van der Waals surface area contributed by atoms with Crippen LogP contribution in [0.15, 0.2) is 35.7 Å². The van der Waals surface area contributed by atoms with Gasteiger partial charge in [0.25, 0.3) is 11.8 Å². The number of ether oxygens (including phenoxy) is 2. The molecule has 0 atom stereocenters. The molecule has 0 aliphatic rings.